The third kappa shape index (κ3) is 1.48. The molecule has 2 aromatic heterocycles. The van der Waals surface area contributed by atoms with Gasteiger partial charge in [-0.25, -0.2) is 9.97 Å². The standard InChI is InChI=1S/C8H8N4O/c1-13-8-10-3-2-6(12-8)7-4-9-5-11-7/h2-5H,1H3,(H,9,11). The third-order valence-electron chi connectivity index (χ3n) is 1.59. The highest BCUT2D eigenvalue weighted by atomic mass is 16.5. The van der Waals surface area contributed by atoms with E-state index in [2.05, 4.69) is 19.9 Å². The minimum absolute atomic E-state index is 0.354. The zero-order chi connectivity index (χ0) is 9.10. The molecule has 0 spiro atoms. The van der Waals surface area contributed by atoms with Crippen molar-refractivity contribution < 1.29 is 4.74 Å². The molecule has 66 valence electrons. The molecule has 0 saturated carbocycles. The first kappa shape index (κ1) is 7.72. The van der Waals surface area contributed by atoms with Gasteiger partial charge in [-0.3, -0.25) is 0 Å². The number of nitrogens with one attached hydrogen (secondary N) is 1. The molecule has 13 heavy (non-hydrogen) atoms. The van der Waals surface area contributed by atoms with Gasteiger partial charge in [0.15, 0.2) is 0 Å². The maximum atomic E-state index is 4.90. The molecule has 2 heterocycles. The number of ether oxygens (including phenoxy) is 1. The molecule has 0 atom stereocenters. The molecule has 2 aromatic rings. The van der Waals surface area contributed by atoms with E-state index in [0.717, 1.165) is 11.4 Å². The quantitative estimate of drug-likeness (QED) is 0.737. The van der Waals surface area contributed by atoms with Crippen molar-refractivity contribution in [2.75, 3.05) is 7.11 Å². The third-order valence-corrected chi connectivity index (χ3v) is 1.59. The second kappa shape index (κ2) is 3.22. The summed E-state index contributed by atoms with van der Waals surface area (Å²) in [5, 5.41) is 0. The number of rotatable bonds is 2. The number of aromatic amines is 1. The molecule has 2 rings (SSSR count). The van der Waals surface area contributed by atoms with Gasteiger partial charge in [0.2, 0.25) is 0 Å². The Morgan fingerprint density at radius 2 is 2.38 bits per heavy atom. The van der Waals surface area contributed by atoms with Crippen LogP contribution in [0.1, 0.15) is 0 Å². The van der Waals surface area contributed by atoms with Crippen LogP contribution in [0.2, 0.25) is 0 Å². The van der Waals surface area contributed by atoms with Crippen LogP contribution in [0.15, 0.2) is 24.8 Å². The van der Waals surface area contributed by atoms with Crippen LogP contribution in [0.25, 0.3) is 11.4 Å². The van der Waals surface area contributed by atoms with Gasteiger partial charge in [-0.05, 0) is 6.07 Å². The van der Waals surface area contributed by atoms with Crippen molar-refractivity contribution in [1.82, 2.24) is 19.9 Å². The summed E-state index contributed by atoms with van der Waals surface area (Å²) >= 11 is 0. The highest BCUT2D eigenvalue weighted by molar-refractivity contribution is 5.52. The van der Waals surface area contributed by atoms with Crippen molar-refractivity contribution in [3.63, 3.8) is 0 Å². The van der Waals surface area contributed by atoms with E-state index in [1.54, 1.807) is 24.8 Å². The number of aromatic nitrogens is 4. The van der Waals surface area contributed by atoms with E-state index in [4.69, 9.17) is 4.74 Å². The highest BCUT2D eigenvalue weighted by Crippen LogP contribution is 2.13. The fourth-order valence-corrected chi connectivity index (χ4v) is 0.985. The minimum atomic E-state index is 0.354. The molecule has 0 radical (unpaired) electrons. The Kier molecular flexibility index (Phi) is 1.91. The largest absolute Gasteiger partial charge is 0.467 e. The first-order chi connectivity index (χ1) is 6.40. The lowest BCUT2D eigenvalue weighted by molar-refractivity contribution is 0.380. The molecule has 0 bridgehead atoms. The molecule has 5 nitrogen and oxygen atoms in total. The Bertz CT molecular complexity index is 385. The number of H-pyrrole nitrogens is 1. The average molecular weight is 176 g/mol. The van der Waals surface area contributed by atoms with Crippen LogP contribution in [0.4, 0.5) is 0 Å². The summed E-state index contributed by atoms with van der Waals surface area (Å²) < 4.78 is 4.90. The molecule has 0 fully saturated rings. The Balaban J connectivity index is 2.41. The van der Waals surface area contributed by atoms with Crippen molar-refractivity contribution >= 4 is 0 Å². The van der Waals surface area contributed by atoms with Gasteiger partial charge in [0.25, 0.3) is 0 Å². The molecule has 0 saturated heterocycles. The summed E-state index contributed by atoms with van der Waals surface area (Å²) in [6.45, 7) is 0. The van der Waals surface area contributed by atoms with Crippen molar-refractivity contribution in [3.8, 4) is 17.4 Å². The monoisotopic (exact) mass is 176 g/mol. The van der Waals surface area contributed by atoms with E-state index >= 15 is 0 Å². The van der Waals surface area contributed by atoms with Crippen LogP contribution in [-0.4, -0.2) is 27.0 Å². The number of nitrogens with zero attached hydrogens (tertiary/aromatic N) is 3. The molecular weight excluding hydrogens is 168 g/mol. The SMILES string of the molecule is COc1nccc(-c2cnc[nH]2)n1. The van der Waals surface area contributed by atoms with Gasteiger partial charge in [-0.15, -0.1) is 0 Å². The van der Waals surface area contributed by atoms with Crippen molar-refractivity contribution in [2.45, 2.75) is 0 Å². The van der Waals surface area contributed by atoms with E-state index in [1.165, 1.54) is 7.11 Å². The Morgan fingerprint density at radius 1 is 1.46 bits per heavy atom. The van der Waals surface area contributed by atoms with Gasteiger partial charge in [-0.1, -0.05) is 0 Å². The van der Waals surface area contributed by atoms with Gasteiger partial charge in [0.05, 0.1) is 31.0 Å². The lowest BCUT2D eigenvalue weighted by Crippen LogP contribution is -1.92. The zero-order valence-electron chi connectivity index (χ0n) is 7.06. The fourth-order valence-electron chi connectivity index (χ4n) is 0.985. The molecule has 1 N–H and O–H groups in total. The van der Waals surface area contributed by atoms with Gasteiger partial charge in [0.1, 0.15) is 0 Å². The molecule has 0 unspecified atom stereocenters. The molecule has 0 aliphatic carbocycles. The van der Waals surface area contributed by atoms with Crippen LogP contribution in [-0.2, 0) is 0 Å². The van der Waals surface area contributed by atoms with E-state index in [1.807, 2.05) is 0 Å². The molecule has 0 aliphatic rings. The summed E-state index contributed by atoms with van der Waals surface area (Å²) in [7, 11) is 1.53. The minimum Gasteiger partial charge on any atom is -0.467 e. The Labute approximate surface area is 74.8 Å². The van der Waals surface area contributed by atoms with E-state index in [9.17, 15) is 0 Å². The van der Waals surface area contributed by atoms with Gasteiger partial charge >= 0.3 is 6.01 Å². The van der Waals surface area contributed by atoms with Crippen LogP contribution in [0.3, 0.4) is 0 Å². The highest BCUT2D eigenvalue weighted by Gasteiger charge is 2.01. The number of methoxy groups -OCH3 is 1. The fraction of sp³-hybridized carbons (Fsp3) is 0.125. The first-order valence-corrected chi connectivity index (χ1v) is 3.76. The number of imidazole rings is 1. The van der Waals surface area contributed by atoms with Crippen molar-refractivity contribution in [3.05, 3.63) is 24.8 Å². The second-order valence-corrected chi connectivity index (χ2v) is 2.39. The lowest BCUT2D eigenvalue weighted by atomic mass is 10.3. The molecular formula is C8H8N4O. The number of hydrogen-bond donors (Lipinski definition) is 1. The summed E-state index contributed by atoms with van der Waals surface area (Å²) in [5.74, 6) is 0. The van der Waals surface area contributed by atoms with Gasteiger partial charge < -0.3 is 9.72 Å². The van der Waals surface area contributed by atoms with E-state index < -0.39 is 0 Å². The molecule has 0 aromatic carbocycles. The summed E-state index contributed by atoms with van der Waals surface area (Å²) in [6, 6.07) is 2.14. The van der Waals surface area contributed by atoms with Crippen LogP contribution in [0, 0.1) is 0 Å². The first-order valence-electron chi connectivity index (χ1n) is 3.76. The summed E-state index contributed by atoms with van der Waals surface area (Å²) in [4.78, 5) is 14.9. The molecule has 5 heteroatoms. The summed E-state index contributed by atoms with van der Waals surface area (Å²) in [5.41, 5.74) is 1.62. The smallest absolute Gasteiger partial charge is 0.316 e. The maximum absolute atomic E-state index is 4.90. The topological polar surface area (TPSA) is 63.7 Å². The average Bonchev–Trinajstić information content (AvgIpc) is 2.71. The predicted octanol–water partition coefficient (Wildman–Crippen LogP) is 0.875. The lowest BCUT2D eigenvalue weighted by Gasteiger charge is -1.98. The van der Waals surface area contributed by atoms with Crippen LogP contribution in [0.5, 0.6) is 6.01 Å². The second-order valence-electron chi connectivity index (χ2n) is 2.39. The Morgan fingerprint density at radius 3 is 3.08 bits per heavy atom. The van der Waals surface area contributed by atoms with Gasteiger partial charge in [-0.2, -0.15) is 4.98 Å². The maximum Gasteiger partial charge on any atom is 0.316 e. The normalized spacial score (nSPS) is 9.92. The van der Waals surface area contributed by atoms with E-state index in [0.29, 0.717) is 6.01 Å². The van der Waals surface area contributed by atoms with Crippen molar-refractivity contribution in [2.24, 2.45) is 0 Å². The van der Waals surface area contributed by atoms with Crippen LogP contribution >= 0.6 is 0 Å². The van der Waals surface area contributed by atoms with Gasteiger partial charge in [0, 0.05) is 6.20 Å². The van der Waals surface area contributed by atoms with Crippen LogP contribution < -0.4 is 4.74 Å². The molecule has 0 amide bonds. The molecule has 0 aliphatic heterocycles. The Hall–Kier alpha value is -1.91. The number of hydrogen-bond acceptors (Lipinski definition) is 4. The predicted molar refractivity (Wildman–Crippen MR) is 46.2 cm³/mol. The zero-order valence-corrected chi connectivity index (χ0v) is 7.06. The van der Waals surface area contributed by atoms with E-state index in [-0.39, 0.29) is 0 Å². The van der Waals surface area contributed by atoms with Crippen molar-refractivity contribution in [1.29, 1.82) is 0 Å². The summed E-state index contributed by atoms with van der Waals surface area (Å²) in [6.07, 6.45) is 4.94.